The Morgan fingerprint density at radius 3 is 1.26 bits per heavy atom. The van der Waals surface area contributed by atoms with Gasteiger partial charge in [-0.05, 0) is 57.8 Å². The largest absolute Gasteiger partial charge is 0.462 e. The van der Waals surface area contributed by atoms with E-state index < -0.39 is 18.2 Å². The van der Waals surface area contributed by atoms with Crippen LogP contribution in [0.15, 0.2) is 134 Å². The molecule has 0 aromatic rings. The zero-order chi connectivity index (χ0) is 48.1. The van der Waals surface area contributed by atoms with Crippen LogP contribution in [0, 0.1) is 0 Å². The molecule has 0 aliphatic heterocycles. The van der Waals surface area contributed by atoms with Gasteiger partial charge >= 0.3 is 5.97 Å². The van der Waals surface area contributed by atoms with Crippen molar-refractivity contribution >= 4 is 11.9 Å². The van der Waals surface area contributed by atoms with E-state index in [9.17, 15) is 19.8 Å². The van der Waals surface area contributed by atoms with Gasteiger partial charge in [0.25, 0.3) is 0 Å². The minimum absolute atomic E-state index is 0.000933. The first kappa shape index (κ1) is 62.0. The summed E-state index contributed by atoms with van der Waals surface area (Å²) in [6.07, 6.45) is 73.7. The molecule has 0 heterocycles. The third kappa shape index (κ3) is 46.5. The van der Waals surface area contributed by atoms with Gasteiger partial charge in [-0.3, -0.25) is 9.59 Å². The van der Waals surface area contributed by atoms with Crippen molar-refractivity contribution in [2.75, 3.05) is 6.61 Å². The molecule has 372 valence electrons. The molecule has 6 heteroatoms. The third-order valence-electron chi connectivity index (χ3n) is 11.3. The molecule has 0 radical (unpaired) electrons. The van der Waals surface area contributed by atoms with Gasteiger partial charge in [0.1, 0.15) is 6.10 Å². The number of nitrogens with one attached hydrogen (secondary N) is 1. The fourth-order valence-electron chi connectivity index (χ4n) is 7.31. The summed E-state index contributed by atoms with van der Waals surface area (Å²) in [6, 6.07) is -0.745. The maximum atomic E-state index is 13.2. The van der Waals surface area contributed by atoms with Gasteiger partial charge in [-0.2, -0.15) is 0 Å². The summed E-state index contributed by atoms with van der Waals surface area (Å²) in [6.45, 7) is 6.16. The average molecular weight is 912 g/mol. The lowest BCUT2D eigenvalue weighted by molar-refractivity contribution is -0.151. The number of ether oxygens (including phenoxy) is 1. The number of unbranched alkanes of at least 4 members (excludes halogenated alkanes) is 20. The number of esters is 1. The van der Waals surface area contributed by atoms with E-state index in [1.165, 1.54) is 89.9 Å². The number of hydrogen-bond donors (Lipinski definition) is 3. The Morgan fingerprint density at radius 2 is 0.833 bits per heavy atom. The molecular weight excluding hydrogens is 815 g/mol. The van der Waals surface area contributed by atoms with Crippen molar-refractivity contribution in [3.63, 3.8) is 0 Å². The molecule has 0 rings (SSSR count). The minimum Gasteiger partial charge on any atom is -0.462 e. The van der Waals surface area contributed by atoms with Gasteiger partial charge in [0.05, 0.1) is 25.2 Å². The Labute approximate surface area is 405 Å². The summed E-state index contributed by atoms with van der Waals surface area (Å²) in [5, 5.41) is 23.8. The molecule has 0 aliphatic rings. The molecule has 3 atom stereocenters. The normalized spacial score (nSPS) is 14.3. The van der Waals surface area contributed by atoms with Crippen molar-refractivity contribution in [3.05, 3.63) is 134 Å². The molecule has 0 aromatic carbocycles. The molecule has 3 N–H and O–H groups in total. The quantitative estimate of drug-likeness (QED) is 0.0321. The lowest BCUT2D eigenvalue weighted by atomic mass is 10.0. The van der Waals surface area contributed by atoms with Crippen molar-refractivity contribution in [1.29, 1.82) is 0 Å². The van der Waals surface area contributed by atoms with E-state index in [4.69, 9.17) is 4.74 Å². The van der Waals surface area contributed by atoms with E-state index >= 15 is 0 Å². The standard InChI is InChI=1S/C60H97NO5/c1-4-7-10-13-16-19-22-25-27-29-31-34-37-40-43-46-49-52-58(63)57(55-62)61-59(64)54-56(51-48-45-42-39-36-33-24-21-18-15-12-9-6-3)66-60(65)53-50-47-44-41-38-35-32-30-28-26-23-20-17-14-11-8-5-2/h8-9,11-12,14-15,17-18,20-21,23-24,26,28,30,32-33,35-36,38-39,42,56-58,62-63H,4-7,10,13,16,19,22,25,27,29,31,34,37,40-41,43-55H2,1-3H3,(H,61,64)/b11-8-,12-9+,17-14+,18-15+,23-20+,24-21-,28-26-,32-30+,36-33-,38-35+,42-39+. The highest BCUT2D eigenvalue weighted by Gasteiger charge is 2.24. The first-order valence-electron chi connectivity index (χ1n) is 26.6. The Balaban J connectivity index is 4.73. The van der Waals surface area contributed by atoms with Crippen molar-refractivity contribution in [3.8, 4) is 0 Å². The summed E-state index contributed by atoms with van der Waals surface area (Å²) < 4.78 is 5.88. The molecule has 0 aromatic heterocycles. The number of rotatable bonds is 45. The fraction of sp³-hybridized carbons (Fsp3) is 0.600. The van der Waals surface area contributed by atoms with Crippen LogP contribution in [0.3, 0.4) is 0 Å². The van der Waals surface area contributed by atoms with Crippen LogP contribution in [0.25, 0.3) is 0 Å². The van der Waals surface area contributed by atoms with Crippen LogP contribution in [-0.4, -0.2) is 46.9 Å². The summed E-state index contributed by atoms with van der Waals surface area (Å²) >= 11 is 0. The second-order valence-electron chi connectivity index (χ2n) is 17.4. The molecule has 0 spiro atoms. The van der Waals surface area contributed by atoms with Crippen LogP contribution >= 0.6 is 0 Å². The second kappa shape index (κ2) is 52.0. The molecule has 0 saturated carbocycles. The smallest absolute Gasteiger partial charge is 0.306 e. The molecule has 0 fully saturated rings. The number of carbonyl (C=O) groups excluding carboxylic acids is 2. The van der Waals surface area contributed by atoms with E-state index in [-0.39, 0.29) is 24.9 Å². The van der Waals surface area contributed by atoms with E-state index in [1.807, 2.05) is 109 Å². The van der Waals surface area contributed by atoms with Crippen LogP contribution in [0.1, 0.15) is 207 Å². The maximum absolute atomic E-state index is 13.2. The zero-order valence-corrected chi connectivity index (χ0v) is 42.3. The number of carbonyl (C=O) groups is 2. The van der Waals surface area contributed by atoms with Gasteiger partial charge in [-0.25, -0.2) is 0 Å². The van der Waals surface area contributed by atoms with Crippen molar-refractivity contribution in [2.24, 2.45) is 0 Å². The van der Waals surface area contributed by atoms with Crippen LogP contribution in [0.5, 0.6) is 0 Å². The molecule has 6 nitrogen and oxygen atoms in total. The van der Waals surface area contributed by atoms with Crippen LogP contribution in [-0.2, 0) is 14.3 Å². The van der Waals surface area contributed by atoms with Gasteiger partial charge in [0.2, 0.25) is 5.91 Å². The molecule has 0 saturated heterocycles. The van der Waals surface area contributed by atoms with Gasteiger partial charge in [-0.15, -0.1) is 0 Å². The molecule has 66 heavy (non-hydrogen) atoms. The monoisotopic (exact) mass is 912 g/mol. The summed E-state index contributed by atoms with van der Waals surface area (Å²) in [5.41, 5.74) is 0. The minimum atomic E-state index is -0.825. The average Bonchev–Trinajstić information content (AvgIpc) is 3.31. The predicted molar refractivity (Wildman–Crippen MR) is 286 cm³/mol. The topological polar surface area (TPSA) is 95.9 Å². The van der Waals surface area contributed by atoms with E-state index in [2.05, 4.69) is 50.4 Å². The van der Waals surface area contributed by atoms with Crippen molar-refractivity contribution in [2.45, 2.75) is 225 Å². The number of aliphatic hydroxyl groups is 2. The van der Waals surface area contributed by atoms with Crippen LogP contribution < -0.4 is 5.32 Å². The van der Waals surface area contributed by atoms with Gasteiger partial charge < -0.3 is 20.3 Å². The highest BCUT2D eigenvalue weighted by atomic mass is 16.5. The zero-order valence-electron chi connectivity index (χ0n) is 42.3. The molecule has 1 amide bonds. The van der Waals surface area contributed by atoms with Gasteiger partial charge in [-0.1, -0.05) is 270 Å². The van der Waals surface area contributed by atoms with Gasteiger partial charge in [0, 0.05) is 6.42 Å². The Kier molecular flexibility index (Phi) is 48.8. The lowest BCUT2D eigenvalue weighted by Crippen LogP contribution is -2.46. The SMILES string of the molecule is CC\C=C/C=C/C=C/C=C\C=C\C=C\CCCCCC(=O)OC(CCC/C=C/C=C\C=C/C=C/C=C/CC)CC(=O)NC(CO)C(O)CCCCCCCCCCCCCCCCCCC. The third-order valence-corrected chi connectivity index (χ3v) is 11.3. The lowest BCUT2D eigenvalue weighted by Gasteiger charge is -2.24. The Hall–Kier alpha value is -4.00. The number of hydrogen-bond acceptors (Lipinski definition) is 5. The number of aliphatic hydroxyl groups excluding tert-OH is 2. The van der Waals surface area contributed by atoms with Crippen molar-refractivity contribution < 1.29 is 24.5 Å². The highest BCUT2D eigenvalue weighted by Crippen LogP contribution is 2.17. The second-order valence-corrected chi connectivity index (χ2v) is 17.4. The van der Waals surface area contributed by atoms with Gasteiger partial charge in [0.15, 0.2) is 0 Å². The van der Waals surface area contributed by atoms with Crippen LogP contribution in [0.4, 0.5) is 0 Å². The summed E-state index contributed by atoms with van der Waals surface area (Å²) in [5.74, 6) is -0.611. The number of amides is 1. The highest BCUT2D eigenvalue weighted by molar-refractivity contribution is 5.77. The first-order chi connectivity index (χ1) is 32.5. The molecule has 0 bridgehead atoms. The summed E-state index contributed by atoms with van der Waals surface area (Å²) in [4.78, 5) is 26.2. The van der Waals surface area contributed by atoms with E-state index in [0.717, 1.165) is 70.6 Å². The fourth-order valence-corrected chi connectivity index (χ4v) is 7.31. The maximum Gasteiger partial charge on any atom is 0.306 e. The summed E-state index contributed by atoms with van der Waals surface area (Å²) in [7, 11) is 0. The van der Waals surface area contributed by atoms with E-state index in [0.29, 0.717) is 19.3 Å². The molecule has 0 aliphatic carbocycles. The first-order valence-corrected chi connectivity index (χ1v) is 26.6. The Morgan fingerprint density at radius 1 is 0.455 bits per heavy atom. The van der Waals surface area contributed by atoms with Crippen LogP contribution in [0.2, 0.25) is 0 Å². The molecule has 3 unspecified atom stereocenters. The number of allylic oxidation sites excluding steroid dienone is 22. The predicted octanol–water partition coefficient (Wildman–Crippen LogP) is 16.2. The van der Waals surface area contributed by atoms with Crippen molar-refractivity contribution in [1.82, 2.24) is 5.32 Å². The molecular formula is C60H97NO5. The Bertz CT molecular complexity index is 1440. The van der Waals surface area contributed by atoms with E-state index in [1.54, 1.807) is 0 Å².